The van der Waals surface area contributed by atoms with Gasteiger partial charge in [0, 0.05) is 12.5 Å². The Morgan fingerprint density at radius 2 is 2.06 bits per heavy atom. The highest BCUT2D eigenvalue weighted by atomic mass is 16.5. The highest BCUT2D eigenvalue weighted by Crippen LogP contribution is 2.21. The highest BCUT2D eigenvalue weighted by molar-refractivity contribution is 5.78. The van der Waals surface area contributed by atoms with Crippen molar-refractivity contribution in [2.75, 3.05) is 12.8 Å². The second kappa shape index (κ2) is 6.89. The van der Waals surface area contributed by atoms with Gasteiger partial charge in [-0.25, -0.2) is 0 Å². The monoisotopic (exact) mass is 250 g/mol. The average molecular weight is 250 g/mol. The van der Waals surface area contributed by atoms with Crippen LogP contribution in [0.3, 0.4) is 0 Å². The summed E-state index contributed by atoms with van der Waals surface area (Å²) in [6.07, 6.45) is 1.74. The van der Waals surface area contributed by atoms with Gasteiger partial charge in [-0.1, -0.05) is 19.9 Å². The number of benzene rings is 1. The minimum absolute atomic E-state index is 0.0978. The van der Waals surface area contributed by atoms with Crippen LogP contribution in [-0.4, -0.2) is 13.0 Å². The van der Waals surface area contributed by atoms with E-state index < -0.39 is 0 Å². The summed E-state index contributed by atoms with van der Waals surface area (Å²) >= 11 is 0. The van der Waals surface area contributed by atoms with Crippen LogP contribution in [0.15, 0.2) is 18.2 Å². The Balaban J connectivity index is 2.58. The molecule has 0 aromatic heterocycles. The number of anilines is 1. The zero-order chi connectivity index (χ0) is 13.5. The normalized spacial score (nSPS) is 10.4. The van der Waals surface area contributed by atoms with Crippen LogP contribution in [-0.2, 0) is 11.3 Å². The van der Waals surface area contributed by atoms with Crippen LogP contribution in [0.2, 0.25) is 0 Å². The largest absolute Gasteiger partial charge is 0.495 e. The number of carbonyl (C=O) groups excluding carboxylic acids is 1. The van der Waals surface area contributed by atoms with Gasteiger partial charge in [-0.2, -0.15) is 0 Å². The molecule has 0 fully saturated rings. The number of hydrogen-bond acceptors (Lipinski definition) is 3. The molecule has 0 unspecified atom stereocenters. The van der Waals surface area contributed by atoms with E-state index in [9.17, 15) is 4.79 Å². The molecule has 0 spiro atoms. The summed E-state index contributed by atoms with van der Waals surface area (Å²) in [5, 5.41) is 2.93. The van der Waals surface area contributed by atoms with E-state index >= 15 is 0 Å². The van der Waals surface area contributed by atoms with Crippen LogP contribution in [0.4, 0.5) is 5.69 Å². The second-order valence-electron chi connectivity index (χ2n) is 4.31. The van der Waals surface area contributed by atoms with Gasteiger partial charge in [0.15, 0.2) is 0 Å². The summed E-state index contributed by atoms with van der Waals surface area (Å²) in [5.41, 5.74) is 7.38. The molecule has 3 N–H and O–H groups in total. The van der Waals surface area contributed by atoms with Crippen LogP contribution < -0.4 is 15.8 Å². The zero-order valence-corrected chi connectivity index (χ0v) is 11.3. The fraction of sp³-hybridized carbons (Fsp3) is 0.500. The molecule has 0 aliphatic carbocycles. The number of ether oxygens (including phenoxy) is 1. The van der Waals surface area contributed by atoms with Gasteiger partial charge in [0.1, 0.15) is 5.75 Å². The lowest BCUT2D eigenvalue weighted by Crippen LogP contribution is -2.29. The Morgan fingerprint density at radius 3 is 2.56 bits per heavy atom. The average Bonchev–Trinajstić information content (AvgIpc) is 2.38. The lowest BCUT2D eigenvalue weighted by Gasteiger charge is -2.13. The topological polar surface area (TPSA) is 64.3 Å². The van der Waals surface area contributed by atoms with E-state index in [0.29, 0.717) is 18.0 Å². The zero-order valence-electron chi connectivity index (χ0n) is 11.3. The van der Waals surface area contributed by atoms with Crippen molar-refractivity contribution in [2.45, 2.75) is 33.2 Å². The van der Waals surface area contributed by atoms with Crippen molar-refractivity contribution in [3.63, 3.8) is 0 Å². The maximum Gasteiger partial charge on any atom is 0.223 e. The third-order valence-corrected chi connectivity index (χ3v) is 3.12. The number of carbonyl (C=O) groups is 1. The minimum atomic E-state index is 0.0978. The molecule has 0 saturated carbocycles. The molecular weight excluding hydrogens is 228 g/mol. The smallest absolute Gasteiger partial charge is 0.223 e. The molecule has 1 amide bonds. The maximum atomic E-state index is 11.8. The summed E-state index contributed by atoms with van der Waals surface area (Å²) in [6.45, 7) is 4.56. The van der Waals surface area contributed by atoms with Gasteiger partial charge in [-0.15, -0.1) is 0 Å². The predicted molar refractivity (Wildman–Crippen MR) is 73.3 cm³/mol. The SMILES string of the molecule is CCC(CC)C(=O)NCc1ccc(OC)c(N)c1. The number of rotatable bonds is 6. The molecule has 0 atom stereocenters. The van der Waals surface area contributed by atoms with E-state index in [1.54, 1.807) is 7.11 Å². The van der Waals surface area contributed by atoms with E-state index in [1.165, 1.54) is 0 Å². The number of hydrogen-bond donors (Lipinski definition) is 2. The number of nitrogens with one attached hydrogen (secondary N) is 1. The Morgan fingerprint density at radius 1 is 1.39 bits per heavy atom. The van der Waals surface area contributed by atoms with Crippen molar-refractivity contribution < 1.29 is 9.53 Å². The number of nitrogens with two attached hydrogens (primary N) is 1. The second-order valence-corrected chi connectivity index (χ2v) is 4.31. The molecular formula is C14H22N2O2. The number of methoxy groups -OCH3 is 1. The minimum Gasteiger partial charge on any atom is -0.495 e. The summed E-state index contributed by atoms with van der Waals surface area (Å²) in [5.74, 6) is 0.861. The third-order valence-electron chi connectivity index (χ3n) is 3.12. The lowest BCUT2D eigenvalue weighted by molar-refractivity contribution is -0.125. The first-order valence-corrected chi connectivity index (χ1v) is 6.32. The predicted octanol–water partition coefficient (Wildman–Crippen LogP) is 2.33. The molecule has 0 heterocycles. The van der Waals surface area contributed by atoms with E-state index in [1.807, 2.05) is 32.0 Å². The van der Waals surface area contributed by atoms with Gasteiger partial charge in [0.25, 0.3) is 0 Å². The standard InChI is InChI=1S/C14H22N2O2/c1-4-11(5-2)14(17)16-9-10-6-7-13(18-3)12(15)8-10/h6-8,11H,4-5,9,15H2,1-3H3,(H,16,17). The van der Waals surface area contributed by atoms with Gasteiger partial charge in [0.05, 0.1) is 12.8 Å². The fourth-order valence-electron chi connectivity index (χ4n) is 1.89. The van der Waals surface area contributed by atoms with Crippen LogP contribution in [0.1, 0.15) is 32.3 Å². The van der Waals surface area contributed by atoms with Crippen molar-refractivity contribution in [1.29, 1.82) is 0 Å². The van der Waals surface area contributed by atoms with Crippen LogP contribution >= 0.6 is 0 Å². The van der Waals surface area contributed by atoms with Crippen molar-refractivity contribution in [3.8, 4) is 5.75 Å². The molecule has 1 aromatic rings. The number of amides is 1. The molecule has 0 bridgehead atoms. The van der Waals surface area contributed by atoms with Crippen LogP contribution in [0.5, 0.6) is 5.75 Å². The summed E-state index contributed by atoms with van der Waals surface area (Å²) in [6, 6.07) is 5.54. The molecule has 4 heteroatoms. The fourth-order valence-corrected chi connectivity index (χ4v) is 1.89. The van der Waals surface area contributed by atoms with Crippen molar-refractivity contribution in [3.05, 3.63) is 23.8 Å². The van der Waals surface area contributed by atoms with E-state index in [4.69, 9.17) is 10.5 Å². The first-order chi connectivity index (χ1) is 8.62. The Labute approximate surface area is 109 Å². The van der Waals surface area contributed by atoms with Gasteiger partial charge in [0.2, 0.25) is 5.91 Å². The van der Waals surface area contributed by atoms with Gasteiger partial charge < -0.3 is 15.8 Å². The Kier molecular flexibility index (Phi) is 5.49. The maximum absolute atomic E-state index is 11.8. The molecule has 18 heavy (non-hydrogen) atoms. The Hall–Kier alpha value is -1.71. The summed E-state index contributed by atoms with van der Waals surface area (Å²) in [7, 11) is 1.58. The summed E-state index contributed by atoms with van der Waals surface area (Å²) < 4.78 is 5.09. The van der Waals surface area contributed by atoms with E-state index in [0.717, 1.165) is 18.4 Å². The number of nitrogen functional groups attached to an aromatic ring is 1. The van der Waals surface area contributed by atoms with Crippen LogP contribution in [0, 0.1) is 5.92 Å². The van der Waals surface area contributed by atoms with Crippen molar-refractivity contribution >= 4 is 11.6 Å². The van der Waals surface area contributed by atoms with Gasteiger partial charge >= 0.3 is 0 Å². The molecule has 0 aliphatic rings. The van der Waals surface area contributed by atoms with E-state index in [-0.39, 0.29) is 11.8 Å². The molecule has 1 aromatic carbocycles. The molecule has 1 rings (SSSR count). The first-order valence-electron chi connectivity index (χ1n) is 6.32. The van der Waals surface area contributed by atoms with Crippen molar-refractivity contribution in [1.82, 2.24) is 5.32 Å². The Bertz CT molecular complexity index is 401. The van der Waals surface area contributed by atoms with Gasteiger partial charge in [-0.3, -0.25) is 4.79 Å². The molecule has 4 nitrogen and oxygen atoms in total. The summed E-state index contributed by atoms with van der Waals surface area (Å²) in [4.78, 5) is 11.8. The van der Waals surface area contributed by atoms with Gasteiger partial charge in [-0.05, 0) is 30.5 Å². The van der Waals surface area contributed by atoms with E-state index in [2.05, 4.69) is 5.32 Å². The van der Waals surface area contributed by atoms with Crippen molar-refractivity contribution in [2.24, 2.45) is 5.92 Å². The quantitative estimate of drug-likeness (QED) is 0.762. The first kappa shape index (κ1) is 14.4. The molecule has 100 valence electrons. The van der Waals surface area contributed by atoms with Crippen LogP contribution in [0.25, 0.3) is 0 Å². The lowest BCUT2D eigenvalue weighted by atomic mass is 10.0. The highest BCUT2D eigenvalue weighted by Gasteiger charge is 2.13. The molecule has 0 saturated heterocycles. The molecule has 0 aliphatic heterocycles. The third kappa shape index (κ3) is 3.65. The molecule has 0 radical (unpaired) electrons.